The Morgan fingerprint density at radius 3 is 2.70 bits per heavy atom. The van der Waals surface area contributed by atoms with Crippen LogP contribution in [0.1, 0.15) is 36.5 Å². The van der Waals surface area contributed by atoms with E-state index < -0.39 is 0 Å². The fourth-order valence-corrected chi connectivity index (χ4v) is 3.86. The number of fused-ring (bicyclic) bond motifs is 1. The third-order valence-electron chi connectivity index (χ3n) is 5.23. The van der Waals surface area contributed by atoms with Gasteiger partial charge in [-0.1, -0.05) is 36.4 Å². The molecule has 27 heavy (non-hydrogen) atoms. The van der Waals surface area contributed by atoms with E-state index in [1.165, 1.54) is 16.7 Å². The minimum atomic E-state index is -0.149. The van der Waals surface area contributed by atoms with Crippen molar-refractivity contribution >= 4 is 5.97 Å². The topological polar surface area (TPSA) is 38.8 Å². The van der Waals surface area contributed by atoms with Crippen LogP contribution < -0.4 is 4.74 Å². The highest BCUT2D eigenvalue weighted by molar-refractivity contribution is 5.71. The number of carbonyl (C=O) groups is 1. The average Bonchev–Trinajstić information content (AvgIpc) is 2.90. The highest BCUT2D eigenvalue weighted by Gasteiger charge is 2.25. The highest BCUT2D eigenvalue weighted by atomic mass is 16.5. The maximum atomic E-state index is 12.2. The lowest BCUT2D eigenvalue weighted by molar-refractivity contribution is -0.145. The third kappa shape index (κ3) is 5.33. The van der Waals surface area contributed by atoms with E-state index in [9.17, 15) is 4.79 Å². The molecule has 0 amide bonds. The lowest BCUT2D eigenvalue weighted by Crippen LogP contribution is -2.40. The second-order valence-corrected chi connectivity index (χ2v) is 7.08. The van der Waals surface area contributed by atoms with Gasteiger partial charge in [0, 0.05) is 12.6 Å². The summed E-state index contributed by atoms with van der Waals surface area (Å²) in [7, 11) is 1.71. The molecule has 0 aliphatic heterocycles. The number of carbonyl (C=O) groups excluding carboxylic acids is 1. The Hall–Kier alpha value is -2.33. The van der Waals surface area contributed by atoms with Crippen molar-refractivity contribution in [1.82, 2.24) is 4.90 Å². The van der Waals surface area contributed by atoms with E-state index in [0.29, 0.717) is 19.2 Å². The monoisotopic (exact) mass is 367 g/mol. The maximum Gasteiger partial charge on any atom is 0.320 e. The zero-order valence-electron chi connectivity index (χ0n) is 16.3. The first-order valence-corrected chi connectivity index (χ1v) is 9.79. The second-order valence-electron chi connectivity index (χ2n) is 7.08. The van der Waals surface area contributed by atoms with E-state index in [0.717, 1.165) is 38.0 Å². The molecule has 1 aliphatic carbocycles. The Kier molecular flexibility index (Phi) is 6.88. The van der Waals surface area contributed by atoms with Crippen LogP contribution in [0, 0.1) is 0 Å². The van der Waals surface area contributed by atoms with Crippen LogP contribution in [0.25, 0.3) is 0 Å². The second kappa shape index (κ2) is 9.56. The molecule has 0 saturated carbocycles. The number of methoxy groups -OCH3 is 1. The van der Waals surface area contributed by atoms with Crippen molar-refractivity contribution in [2.45, 2.75) is 45.2 Å². The number of hydrogen-bond donors (Lipinski definition) is 0. The molecule has 1 aliphatic rings. The fourth-order valence-electron chi connectivity index (χ4n) is 3.86. The van der Waals surface area contributed by atoms with Gasteiger partial charge in [0.05, 0.1) is 20.3 Å². The summed E-state index contributed by atoms with van der Waals surface area (Å²) in [5.74, 6) is 0.748. The Balaban J connectivity index is 1.82. The predicted octanol–water partition coefficient (Wildman–Crippen LogP) is 4.01. The van der Waals surface area contributed by atoms with E-state index in [2.05, 4.69) is 29.2 Å². The summed E-state index contributed by atoms with van der Waals surface area (Å²) in [4.78, 5) is 14.5. The molecular weight excluding hydrogens is 338 g/mol. The number of benzene rings is 2. The van der Waals surface area contributed by atoms with Crippen molar-refractivity contribution in [1.29, 1.82) is 0 Å². The average molecular weight is 367 g/mol. The summed E-state index contributed by atoms with van der Waals surface area (Å²) in [5.41, 5.74) is 3.95. The SMILES string of the molecule is CCOC(=O)CN(Cc1ccccc1)C1CCCc2ccc(OC)cc2C1. The van der Waals surface area contributed by atoms with E-state index in [4.69, 9.17) is 9.47 Å². The summed E-state index contributed by atoms with van der Waals surface area (Å²) in [6.07, 6.45) is 4.20. The molecule has 0 radical (unpaired) electrons. The lowest BCUT2D eigenvalue weighted by Gasteiger charge is -2.30. The van der Waals surface area contributed by atoms with Crippen molar-refractivity contribution in [3.05, 3.63) is 65.2 Å². The lowest BCUT2D eigenvalue weighted by atomic mass is 10.00. The fraction of sp³-hybridized carbons (Fsp3) is 0.435. The number of rotatable bonds is 7. The van der Waals surface area contributed by atoms with Crippen LogP contribution in [0.15, 0.2) is 48.5 Å². The number of nitrogens with zero attached hydrogens (tertiary/aromatic N) is 1. The van der Waals surface area contributed by atoms with E-state index >= 15 is 0 Å². The van der Waals surface area contributed by atoms with Crippen LogP contribution in [-0.4, -0.2) is 37.2 Å². The zero-order chi connectivity index (χ0) is 19.1. The summed E-state index contributed by atoms with van der Waals surface area (Å²) in [5, 5.41) is 0. The molecule has 1 unspecified atom stereocenters. The predicted molar refractivity (Wildman–Crippen MR) is 107 cm³/mol. The molecule has 144 valence electrons. The van der Waals surface area contributed by atoms with Gasteiger partial charge >= 0.3 is 5.97 Å². The van der Waals surface area contributed by atoms with Gasteiger partial charge in [-0.25, -0.2) is 0 Å². The molecule has 0 fully saturated rings. The van der Waals surface area contributed by atoms with E-state index in [1.54, 1.807) is 7.11 Å². The van der Waals surface area contributed by atoms with Crippen LogP contribution in [0.2, 0.25) is 0 Å². The molecule has 0 aromatic heterocycles. The standard InChI is InChI=1S/C23H29NO3/c1-3-27-23(25)17-24(16-18-8-5-4-6-9-18)21-11-7-10-19-12-13-22(26-2)15-20(19)14-21/h4-6,8-9,12-13,15,21H,3,7,10-11,14,16-17H2,1-2H3. The molecule has 1 atom stereocenters. The molecule has 2 aromatic rings. The highest BCUT2D eigenvalue weighted by Crippen LogP contribution is 2.28. The smallest absolute Gasteiger partial charge is 0.320 e. The molecule has 0 heterocycles. The van der Waals surface area contributed by atoms with Crippen LogP contribution in [0.4, 0.5) is 0 Å². The zero-order valence-corrected chi connectivity index (χ0v) is 16.3. The van der Waals surface area contributed by atoms with Crippen molar-refractivity contribution in [2.24, 2.45) is 0 Å². The van der Waals surface area contributed by atoms with Gasteiger partial charge in [-0.05, 0) is 61.4 Å². The van der Waals surface area contributed by atoms with Crippen LogP contribution in [-0.2, 0) is 28.9 Å². The van der Waals surface area contributed by atoms with Gasteiger partial charge < -0.3 is 9.47 Å². The van der Waals surface area contributed by atoms with Crippen LogP contribution in [0.5, 0.6) is 5.75 Å². The van der Waals surface area contributed by atoms with Crippen molar-refractivity contribution in [3.8, 4) is 5.75 Å². The Labute approximate surface area is 162 Å². The number of ether oxygens (including phenoxy) is 2. The summed E-state index contributed by atoms with van der Waals surface area (Å²) in [6, 6.07) is 17.0. The van der Waals surface area contributed by atoms with Crippen molar-refractivity contribution in [2.75, 3.05) is 20.3 Å². The van der Waals surface area contributed by atoms with E-state index in [-0.39, 0.29) is 5.97 Å². The van der Waals surface area contributed by atoms with Gasteiger partial charge in [-0.3, -0.25) is 9.69 Å². The molecule has 0 spiro atoms. The minimum absolute atomic E-state index is 0.149. The molecule has 2 aromatic carbocycles. The van der Waals surface area contributed by atoms with Gasteiger partial charge in [-0.15, -0.1) is 0 Å². The molecule has 4 heteroatoms. The molecule has 4 nitrogen and oxygen atoms in total. The molecule has 0 saturated heterocycles. The van der Waals surface area contributed by atoms with Gasteiger partial charge in [0.2, 0.25) is 0 Å². The first kappa shape index (κ1) is 19.4. The van der Waals surface area contributed by atoms with Crippen LogP contribution >= 0.6 is 0 Å². The van der Waals surface area contributed by atoms with Gasteiger partial charge in [0.25, 0.3) is 0 Å². The molecule has 0 bridgehead atoms. The summed E-state index contributed by atoms with van der Waals surface area (Å²) >= 11 is 0. The Morgan fingerprint density at radius 2 is 1.96 bits per heavy atom. The Morgan fingerprint density at radius 1 is 1.15 bits per heavy atom. The molecule has 3 rings (SSSR count). The minimum Gasteiger partial charge on any atom is -0.497 e. The summed E-state index contributed by atoms with van der Waals surface area (Å²) < 4.78 is 10.7. The largest absolute Gasteiger partial charge is 0.497 e. The van der Waals surface area contributed by atoms with Crippen molar-refractivity contribution < 1.29 is 14.3 Å². The Bertz CT molecular complexity index is 745. The van der Waals surface area contributed by atoms with Gasteiger partial charge in [0.1, 0.15) is 5.75 Å². The number of aryl methyl sites for hydroxylation is 1. The quantitative estimate of drug-likeness (QED) is 0.548. The normalized spacial score (nSPS) is 16.5. The van der Waals surface area contributed by atoms with Crippen LogP contribution in [0.3, 0.4) is 0 Å². The third-order valence-corrected chi connectivity index (χ3v) is 5.23. The van der Waals surface area contributed by atoms with Gasteiger partial charge in [0.15, 0.2) is 0 Å². The maximum absolute atomic E-state index is 12.2. The molecular formula is C23H29NO3. The number of hydrogen-bond acceptors (Lipinski definition) is 4. The van der Waals surface area contributed by atoms with Gasteiger partial charge in [-0.2, -0.15) is 0 Å². The number of esters is 1. The van der Waals surface area contributed by atoms with Crippen molar-refractivity contribution in [3.63, 3.8) is 0 Å². The first-order chi connectivity index (χ1) is 13.2. The molecule has 0 N–H and O–H groups in total. The summed E-state index contributed by atoms with van der Waals surface area (Å²) in [6.45, 7) is 3.35. The van der Waals surface area contributed by atoms with E-state index in [1.807, 2.05) is 31.2 Å². The first-order valence-electron chi connectivity index (χ1n) is 9.79.